The van der Waals surface area contributed by atoms with Crippen LogP contribution in [0.15, 0.2) is 18.2 Å². The van der Waals surface area contributed by atoms with E-state index >= 15 is 0 Å². The molecule has 0 spiro atoms. The summed E-state index contributed by atoms with van der Waals surface area (Å²) in [6.07, 6.45) is -5.96. The maximum Gasteiger partial charge on any atom is 0.463 e. The summed E-state index contributed by atoms with van der Waals surface area (Å²) >= 11 is 0. The Balaban J connectivity index is 2.95. The highest BCUT2D eigenvalue weighted by atomic mass is 19.4. The lowest BCUT2D eigenvalue weighted by molar-refractivity contribution is -0.267. The Labute approximate surface area is 104 Å². The molecule has 3 N–H and O–H groups in total. The minimum absolute atomic E-state index is 0.0353. The standard InChI is InChI=1S/C10H9F5N2O2/c1-19-7-4-5(2-3-6(7)16)17-8(18)9(11,12)10(13,14)15/h2-4H,16H2,1H3,(H,17,18). The summed E-state index contributed by atoms with van der Waals surface area (Å²) in [5, 5.41) is 1.45. The van der Waals surface area contributed by atoms with Gasteiger partial charge in [-0.2, -0.15) is 22.0 Å². The lowest BCUT2D eigenvalue weighted by atomic mass is 10.2. The molecule has 1 rings (SSSR count). The molecule has 106 valence electrons. The Morgan fingerprint density at radius 2 is 1.84 bits per heavy atom. The maximum absolute atomic E-state index is 12.7. The first-order chi connectivity index (χ1) is 8.59. The van der Waals surface area contributed by atoms with Gasteiger partial charge < -0.3 is 15.8 Å². The fraction of sp³-hybridized carbons (Fsp3) is 0.300. The van der Waals surface area contributed by atoms with Crippen molar-refractivity contribution < 1.29 is 31.5 Å². The SMILES string of the molecule is COc1cc(NC(=O)C(F)(F)C(F)(F)F)ccc1N. The molecule has 1 amide bonds. The molecule has 0 heterocycles. The molecule has 1 aromatic rings. The Bertz CT molecular complexity index is 487. The van der Waals surface area contributed by atoms with Crippen LogP contribution in [-0.4, -0.2) is 25.1 Å². The van der Waals surface area contributed by atoms with Gasteiger partial charge in [-0.1, -0.05) is 0 Å². The molecule has 0 unspecified atom stereocenters. The van der Waals surface area contributed by atoms with Gasteiger partial charge in [-0.3, -0.25) is 4.79 Å². The third-order valence-electron chi connectivity index (χ3n) is 2.13. The molecule has 0 aliphatic heterocycles. The summed E-state index contributed by atoms with van der Waals surface area (Å²) in [6, 6.07) is 3.29. The third-order valence-corrected chi connectivity index (χ3v) is 2.13. The summed E-state index contributed by atoms with van der Waals surface area (Å²) in [4.78, 5) is 10.9. The molecular formula is C10H9F5N2O2. The zero-order valence-corrected chi connectivity index (χ0v) is 9.52. The maximum atomic E-state index is 12.7. The fourth-order valence-corrected chi connectivity index (χ4v) is 1.13. The van der Waals surface area contributed by atoms with Crippen LogP contribution in [0.4, 0.5) is 33.3 Å². The number of nitrogen functional groups attached to an aromatic ring is 1. The zero-order valence-electron chi connectivity index (χ0n) is 9.52. The second-order valence-corrected chi connectivity index (χ2v) is 3.48. The van der Waals surface area contributed by atoms with Crippen LogP contribution in [0.2, 0.25) is 0 Å². The number of rotatable bonds is 3. The molecule has 0 fully saturated rings. The van der Waals surface area contributed by atoms with Gasteiger partial charge in [0.05, 0.1) is 12.8 Å². The lowest BCUT2D eigenvalue weighted by Gasteiger charge is -2.19. The molecule has 19 heavy (non-hydrogen) atoms. The highest BCUT2D eigenvalue weighted by Gasteiger charge is 2.63. The topological polar surface area (TPSA) is 64.3 Å². The normalized spacial score (nSPS) is 12.1. The van der Waals surface area contributed by atoms with Crippen molar-refractivity contribution in [2.75, 3.05) is 18.2 Å². The van der Waals surface area contributed by atoms with E-state index < -0.39 is 18.0 Å². The quantitative estimate of drug-likeness (QED) is 0.661. The Morgan fingerprint density at radius 1 is 1.26 bits per heavy atom. The number of halogens is 5. The van der Waals surface area contributed by atoms with Gasteiger partial charge in [-0.15, -0.1) is 0 Å². The van der Waals surface area contributed by atoms with E-state index in [2.05, 4.69) is 0 Å². The first-order valence-electron chi connectivity index (χ1n) is 4.79. The van der Waals surface area contributed by atoms with Gasteiger partial charge in [0.15, 0.2) is 0 Å². The van der Waals surface area contributed by atoms with Crippen molar-refractivity contribution in [3.05, 3.63) is 18.2 Å². The van der Waals surface area contributed by atoms with E-state index in [0.29, 0.717) is 0 Å². The molecule has 4 nitrogen and oxygen atoms in total. The zero-order chi connectivity index (χ0) is 14.8. The first-order valence-corrected chi connectivity index (χ1v) is 4.79. The third kappa shape index (κ3) is 3.04. The van der Waals surface area contributed by atoms with Crippen LogP contribution in [0.3, 0.4) is 0 Å². The molecule has 1 aromatic carbocycles. The van der Waals surface area contributed by atoms with Gasteiger partial charge in [0, 0.05) is 11.8 Å². The van der Waals surface area contributed by atoms with Gasteiger partial charge >= 0.3 is 18.0 Å². The highest BCUT2D eigenvalue weighted by Crippen LogP contribution is 2.36. The average molecular weight is 284 g/mol. The molecular weight excluding hydrogens is 275 g/mol. The summed E-state index contributed by atoms with van der Waals surface area (Å²) in [5.74, 6) is -7.93. The predicted molar refractivity (Wildman–Crippen MR) is 57.0 cm³/mol. The minimum Gasteiger partial charge on any atom is -0.495 e. The van der Waals surface area contributed by atoms with Gasteiger partial charge in [0.2, 0.25) is 0 Å². The molecule has 0 bridgehead atoms. The first kappa shape index (κ1) is 15.0. The number of carbonyl (C=O) groups is 1. The molecule has 0 aromatic heterocycles. The van der Waals surface area contributed by atoms with E-state index in [1.807, 2.05) is 0 Å². The van der Waals surface area contributed by atoms with Crippen LogP contribution in [0.5, 0.6) is 5.75 Å². The van der Waals surface area contributed by atoms with Crippen molar-refractivity contribution >= 4 is 17.3 Å². The number of nitrogens with one attached hydrogen (secondary N) is 1. The number of carbonyl (C=O) groups excluding carboxylic acids is 1. The number of methoxy groups -OCH3 is 1. The minimum atomic E-state index is -5.96. The molecule has 9 heteroatoms. The molecule has 0 atom stereocenters. The number of ether oxygens (including phenoxy) is 1. The van der Waals surface area contributed by atoms with Crippen molar-refractivity contribution in [1.82, 2.24) is 0 Å². The van der Waals surface area contributed by atoms with Crippen molar-refractivity contribution in [1.29, 1.82) is 0 Å². The van der Waals surface area contributed by atoms with Gasteiger partial charge in [-0.05, 0) is 12.1 Å². The van der Waals surface area contributed by atoms with Crippen LogP contribution < -0.4 is 15.8 Å². The van der Waals surface area contributed by atoms with Gasteiger partial charge in [-0.25, -0.2) is 0 Å². The Hall–Kier alpha value is -2.06. The number of benzene rings is 1. The molecule has 0 saturated carbocycles. The Kier molecular flexibility index (Phi) is 3.87. The molecule has 0 radical (unpaired) electrons. The summed E-state index contributed by atoms with van der Waals surface area (Å²) in [6.45, 7) is 0. The summed E-state index contributed by atoms with van der Waals surface area (Å²) in [7, 11) is 1.22. The fourth-order valence-electron chi connectivity index (χ4n) is 1.13. The Morgan fingerprint density at radius 3 is 2.32 bits per heavy atom. The van der Waals surface area contributed by atoms with Crippen LogP contribution in [-0.2, 0) is 4.79 Å². The predicted octanol–water partition coefficient (Wildman–Crippen LogP) is 2.41. The van der Waals surface area contributed by atoms with E-state index in [-0.39, 0.29) is 17.1 Å². The molecule has 0 aliphatic carbocycles. The number of nitrogens with two attached hydrogens (primary N) is 1. The number of hydrogen-bond donors (Lipinski definition) is 2. The second kappa shape index (κ2) is 4.90. The van der Waals surface area contributed by atoms with Crippen molar-refractivity contribution in [2.24, 2.45) is 0 Å². The van der Waals surface area contributed by atoms with Crippen LogP contribution in [0, 0.1) is 0 Å². The second-order valence-electron chi connectivity index (χ2n) is 3.48. The van der Waals surface area contributed by atoms with Gasteiger partial charge in [0.1, 0.15) is 5.75 Å². The van der Waals surface area contributed by atoms with Crippen LogP contribution >= 0.6 is 0 Å². The van der Waals surface area contributed by atoms with Crippen molar-refractivity contribution in [3.8, 4) is 5.75 Å². The van der Waals surface area contributed by atoms with E-state index in [9.17, 15) is 26.7 Å². The molecule has 0 aliphatic rings. The van der Waals surface area contributed by atoms with Crippen LogP contribution in [0.1, 0.15) is 0 Å². The van der Waals surface area contributed by atoms with Crippen molar-refractivity contribution in [2.45, 2.75) is 12.1 Å². The number of alkyl halides is 5. The van der Waals surface area contributed by atoms with E-state index in [1.165, 1.54) is 18.5 Å². The van der Waals surface area contributed by atoms with E-state index in [4.69, 9.17) is 10.5 Å². The smallest absolute Gasteiger partial charge is 0.463 e. The number of amides is 1. The van der Waals surface area contributed by atoms with Crippen molar-refractivity contribution in [3.63, 3.8) is 0 Å². The average Bonchev–Trinajstić information content (AvgIpc) is 2.30. The highest BCUT2D eigenvalue weighted by molar-refractivity contribution is 5.97. The lowest BCUT2D eigenvalue weighted by Crippen LogP contribution is -2.47. The number of anilines is 2. The molecule has 0 saturated heterocycles. The number of hydrogen-bond acceptors (Lipinski definition) is 3. The largest absolute Gasteiger partial charge is 0.495 e. The summed E-state index contributed by atoms with van der Waals surface area (Å²) in [5.41, 5.74) is 5.27. The summed E-state index contributed by atoms with van der Waals surface area (Å²) < 4.78 is 65.9. The van der Waals surface area contributed by atoms with E-state index in [1.54, 1.807) is 0 Å². The van der Waals surface area contributed by atoms with E-state index in [0.717, 1.165) is 12.1 Å². The monoisotopic (exact) mass is 284 g/mol. The van der Waals surface area contributed by atoms with Crippen LogP contribution in [0.25, 0.3) is 0 Å². The van der Waals surface area contributed by atoms with Gasteiger partial charge in [0.25, 0.3) is 0 Å².